The van der Waals surface area contributed by atoms with Gasteiger partial charge < -0.3 is 14.8 Å². The van der Waals surface area contributed by atoms with Crippen LogP contribution in [0, 0.1) is 5.82 Å². The Balaban J connectivity index is 1.44. The maximum Gasteiger partial charge on any atom is 0.294 e. The fraction of sp³-hybridized carbons (Fsp3) is 0.115. The maximum absolute atomic E-state index is 13.9. The third-order valence-corrected chi connectivity index (χ3v) is 6.36. The Morgan fingerprint density at radius 3 is 2.58 bits per heavy atom. The molecule has 184 valence electrons. The summed E-state index contributed by atoms with van der Waals surface area (Å²) in [7, 11) is 1.47. The number of nitrogens with zero attached hydrogens (tertiary/aromatic N) is 1. The molecule has 1 aliphatic heterocycles. The van der Waals surface area contributed by atoms with Gasteiger partial charge in [-0.15, -0.1) is 0 Å². The van der Waals surface area contributed by atoms with E-state index in [1.807, 2.05) is 0 Å². The van der Waals surface area contributed by atoms with Gasteiger partial charge in [-0.3, -0.25) is 19.3 Å². The number of nitrogens with one attached hydrogen (secondary N) is 1. The highest BCUT2D eigenvalue weighted by Crippen LogP contribution is 2.34. The lowest BCUT2D eigenvalue weighted by Gasteiger charge is -2.13. The first-order chi connectivity index (χ1) is 17.4. The largest absolute Gasteiger partial charge is 0.495 e. The number of halogens is 2. The van der Waals surface area contributed by atoms with Crippen LogP contribution in [0.3, 0.4) is 0 Å². The molecule has 0 radical (unpaired) electrons. The number of anilines is 1. The van der Waals surface area contributed by atoms with Crippen molar-refractivity contribution in [1.29, 1.82) is 0 Å². The van der Waals surface area contributed by atoms with Gasteiger partial charge in [-0.25, -0.2) is 4.39 Å². The second-order valence-corrected chi connectivity index (χ2v) is 8.98. The Morgan fingerprint density at radius 2 is 1.83 bits per heavy atom. The van der Waals surface area contributed by atoms with Crippen LogP contribution in [0.5, 0.6) is 11.5 Å². The summed E-state index contributed by atoms with van der Waals surface area (Å²) < 4.78 is 24.8. The Hall–Kier alpha value is -3.82. The van der Waals surface area contributed by atoms with E-state index in [9.17, 15) is 18.8 Å². The average molecular weight is 527 g/mol. The Bertz CT molecular complexity index is 1360. The van der Waals surface area contributed by atoms with Crippen LogP contribution in [0.2, 0.25) is 5.02 Å². The lowest BCUT2D eigenvalue weighted by Crippen LogP contribution is -2.36. The fourth-order valence-corrected chi connectivity index (χ4v) is 4.45. The minimum atomic E-state index is -0.600. The molecule has 36 heavy (non-hydrogen) atoms. The van der Waals surface area contributed by atoms with Crippen LogP contribution in [-0.2, 0) is 16.2 Å². The highest BCUT2D eigenvalue weighted by atomic mass is 35.5. The zero-order valence-electron chi connectivity index (χ0n) is 19.0. The molecule has 0 saturated carbocycles. The molecule has 3 amide bonds. The standard InChI is InChI=1S/C26H20ClFN2O5S/c1-34-22-11-10-18(13-19(22)27)29-24(31)14-30-25(32)23(36-26(30)33)12-16-6-3-5-9-21(16)35-15-17-7-2-4-8-20(17)28/h2-13H,14-15H2,1H3,(H,29,31)/b23-12+. The van der Waals surface area contributed by atoms with Crippen molar-refractivity contribution in [2.45, 2.75) is 6.61 Å². The van der Waals surface area contributed by atoms with Crippen LogP contribution in [0.15, 0.2) is 71.6 Å². The fourth-order valence-electron chi connectivity index (χ4n) is 3.37. The van der Waals surface area contributed by atoms with Gasteiger partial charge in [-0.05, 0) is 48.2 Å². The van der Waals surface area contributed by atoms with Crippen molar-refractivity contribution < 1.29 is 28.2 Å². The molecule has 10 heteroatoms. The topological polar surface area (TPSA) is 84.9 Å². The number of hydrogen-bond donors (Lipinski definition) is 1. The van der Waals surface area contributed by atoms with Gasteiger partial charge in [0.25, 0.3) is 11.1 Å². The van der Waals surface area contributed by atoms with E-state index in [0.717, 1.165) is 16.7 Å². The monoisotopic (exact) mass is 526 g/mol. The Morgan fingerprint density at radius 1 is 1.08 bits per heavy atom. The van der Waals surface area contributed by atoms with Crippen LogP contribution in [0.1, 0.15) is 11.1 Å². The van der Waals surface area contributed by atoms with Crippen LogP contribution in [0.25, 0.3) is 6.08 Å². The summed E-state index contributed by atoms with van der Waals surface area (Å²) in [6.07, 6.45) is 1.52. The molecule has 0 aromatic heterocycles. The number of ether oxygens (including phenoxy) is 2. The minimum Gasteiger partial charge on any atom is -0.495 e. The number of hydrogen-bond acceptors (Lipinski definition) is 6. The molecule has 0 unspecified atom stereocenters. The molecule has 1 fully saturated rings. The van der Waals surface area contributed by atoms with Gasteiger partial charge in [0.2, 0.25) is 5.91 Å². The highest BCUT2D eigenvalue weighted by molar-refractivity contribution is 8.18. The van der Waals surface area contributed by atoms with Crippen molar-refractivity contribution >= 4 is 52.2 Å². The van der Waals surface area contributed by atoms with Crippen molar-refractivity contribution in [3.8, 4) is 11.5 Å². The summed E-state index contributed by atoms with van der Waals surface area (Å²) in [4.78, 5) is 38.9. The van der Waals surface area contributed by atoms with E-state index in [-0.39, 0.29) is 17.3 Å². The molecular formula is C26H20ClFN2O5S. The predicted octanol–water partition coefficient (Wildman–Crippen LogP) is 5.74. The lowest BCUT2D eigenvalue weighted by molar-refractivity contribution is -0.127. The lowest BCUT2D eigenvalue weighted by atomic mass is 10.1. The molecule has 0 aliphatic carbocycles. The van der Waals surface area contributed by atoms with E-state index in [4.69, 9.17) is 21.1 Å². The summed E-state index contributed by atoms with van der Waals surface area (Å²) in [5, 5.41) is 2.34. The van der Waals surface area contributed by atoms with Gasteiger partial charge in [0.05, 0.1) is 17.0 Å². The number of carbonyl (C=O) groups is 3. The van der Waals surface area contributed by atoms with Gasteiger partial charge in [0, 0.05) is 16.8 Å². The van der Waals surface area contributed by atoms with Crippen molar-refractivity contribution in [3.63, 3.8) is 0 Å². The molecule has 0 bridgehead atoms. The Kier molecular flexibility index (Phi) is 7.92. The normalized spacial score (nSPS) is 14.3. The van der Waals surface area contributed by atoms with Crippen molar-refractivity contribution in [2.75, 3.05) is 19.0 Å². The first kappa shape index (κ1) is 25.3. The summed E-state index contributed by atoms with van der Waals surface area (Å²) >= 11 is 6.79. The van der Waals surface area contributed by atoms with Crippen LogP contribution in [-0.4, -0.2) is 35.6 Å². The molecule has 7 nitrogen and oxygen atoms in total. The molecule has 3 aromatic rings. The third kappa shape index (κ3) is 5.87. The molecule has 0 atom stereocenters. The van der Waals surface area contributed by atoms with Gasteiger partial charge in [0.1, 0.15) is 30.5 Å². The van der Waals surface area contributed by atoms with Crippen LogP contribution >= 0.6 is 23.4 Å². The smallest absolute Gasteiger partial charge is 0.294 e. The molecule has 1 saturated heterocycles. The predicted molar refractivity (Wildman–Crippen MR) is 136 cm³/mol. The van der Waals surface area contributed by atoms with E-state index >= 15 is 0 Å². The minimum absolute atomic E-state index is 0.00540. The second-order valence-electron chi connectivity index (χ2n) is 7.58. The number of benzene rings is 3. The van der Waals surface area contributed by atoms with E-state index in [1.54, 1.807) is 54.6 Å². The zero-order valence-corrected chi connectivity index (χ0v) is 20.6. The van der Waals surface area contributed by atoms with Crippen LogP contribution in [0.4, 0.5) is 14.9 Å². The SMILES string of the molecule is COc1ccc(NC(=O)CN2C(=O)S/C(=C/c3ccccc3OCc3ccccc3F)C2=O)cc1Cl. The summed E-state index contributed by atoms with van der Waals surface area (Å²) in [6.45, 7) is -0.467. The summed E-state index contributed by atoms with van der Waals surface area (Å²) in [5.74, 6) is -0.679. The molecule has 3 aromatic carbocycles. The maximum atomic E-state index is 13.9. The van der Waals surface area contributed by atoms with Gasteiger partial charge in [-0.2, -0.15) is 0 Å². The number of carbonyl (C=O) groups excluding carboxylic acids is 3. The molecule has 4 rings (SSSR count). The number of thioether (sulfide) groups is 1. The number of imide groups is 1. The number of rotatable bonds is 8. The molecular weight excluding hydrogens is 507 g/mol. The molecule has 1 N–H and O–H groups in total. The third-order valence-electron chi connectivity index (χ3n) is 5.16. The Labute approximate surface area is 215 Å². The van der Waals surface area contributed by atoms with Gasteiger partial charge in [0.15, 0.2) is 0 Å². The number of methoxy groups -OCH3 is 1. The van der Waals surface area contributed by atoms with Crippen molar-refractivity contribution in [1.82, 2.24) is 4.90 Å². The van der Waals surface area contributed by atoms with Crippen molar-refractivity contribution in [2.24, 2.45) is 0 Å². The zero-order chi connectivity index (χ0) is 25.7. The molecule has 1 aliphatic rings. The van der Waals surface area contributed by atoms with Crippen LogP contribution < -0.4 is 14.8 Å². The van der Waals surface area contributed by atoms with E-state index in [2.05, 4.69) is 5.32 Å². The quantitative estimate of drug-likeness (QED) is 0.377. The van der Waals surface area contributed by atoms with Gasteiger partial charge in [-0.1, -0.05) is 48.0 Å². The highest BCUT2D eigenvalue weighted by Gasteiger charge is 2.36. The van der Waals surface area contributed by atoms with Gasteiger partial charge >= 0.3 is 0 Å². The van der Waals surface area contributed by atoms with Crippen molar-refractivity contribution in [3.05, 3.63) is 93.6 Å². The number of para-hydroxylation sites is 1. The second kappa shape index (κ2) is 11.3. The first-order valence-corrected chi connectivity index (χ1v) is 11.9. The summed E-state index contributed by atoms with van der Waals surface area (Å²) in [6, 6.07) is 17.8. The summed E-state index contributed by atoms with van der Waals surface area (Å²) in [5.41, 5.74) is 1.32. The molecule has 1 heterocycles. The first-order valence-electron chi connectivity index (χ1n) is 10.7. The molecule has 0 spiro atoms. The number of amides is 3. The average Bonchev–Trinajstić information content (AvgIpc) is 3.11. The van der Waals surface area contributed by atoms with E-state index < -0.39 is 23.6 Å². The van der Waals surface area contributed by atoms with E-state index in [0.29, 0.717) is 33.3 Å². The van der Waals surface area contributed by atoms with E-state index in [1.165, 1.54) is 25.3 Å².